The van der Waals surface area contributed by atoms with Crippen molar-refractivity contribution in [1.82, 2.24) is 4.98 Å². The molecule has 1 aromatic carbocycles. The molecule has 2 aromatic rings. The molecule has 0 radical (unpaired) electrons. The summed E-state index contributed by atoms with van der Waals surface area (Å²) in [5.74, 6) is -0.134. The normalized spacial score (nSPS) is 9.44. The molecule has 3 nitrogen and oxygen atoms in total. The fraction of sp³-hybridized carbons (Fsp3) is 0. The van der Waals surface area contributed by atoms with Crippen molar-refractivity contribution >= 4 is 5.78 Å². The number of carbonyl (C=O) groups excluding carboxylic acids is 1. The third kappa shape index (κ3) is 1.96. The van der Waals surface area contributed by atoms with Gasteiger partial charge >= 0.3 is 0 Å². The summed E-state index contributed by atoms with van der Waals surface area (Å²) in [6.07, 6.45) is 1.40. The molecule has 0 aliphatic heterocycles. The molecule has 0 N–H and O–H groups in total. The van der Waals surface area contributed by atoms with Crippen molar-refractivity contribution in [3.63, 3.8) is 0 Å². The quantitative estimate of drug-likeness (QED) is 0.711. The van der Waals surface area contributed by atoms with Crippen molar-refractivity contribution in [2.45, 2.75) is 0 Å². The van der Waals surface area contributed by atoms with Crippen LogP contribution in [0.25, 0.3) is 0 Å². The lowest BCUT2D eigenvalue weighted by Gasteiger charge is -1.99. The van der Waals surface area contributed by atoms with E-state index in [0.717, 1.165) is 0 Å². The molecule has 0 fully saturated rings. The topological polar surface area (TPSA) is 53.8 Å². The van der Waals surface area contributed by atoms with Crippen LogP contribution in [0.2, 0.25) is 0 Å². The van der Waals surface area contributed by atoms with Crippen LogP contribution < -0.4 is 0 Å². The smallest absolute Gasteiger partial charge is 0.211 e. The highest BCUT2D eigenvalue weighted by atomic mass is 16.1. The summed E-state index contributed by atoms with van der Waals surface area (Å²) in [4.78, 5) is 15.9. The summed E-state index contributed by atoms with van der Waals surface area (Å²) in [5, 5.41) is 8.61. The Morgan fingerprint density at radius 1 is 1.12 bits per heavy atom. The first-order valence-corrected chi connectivity index (χ1v) is 4.77. The maximum Gasteiger partial charge on any atom is 0.211 e. The van der Waals surface area contributed by atoms with Gasteiger partial charge in [0.15, 0.2) is 0 Å². The van der Waals surface area contributed by atoms with E-state index in [1.807, 2.05) is 12.1 Å². The van der Waals surface area contributed by atoms with Gasteiger partial charge in [0.05, 0.1) is 5.56 Å². The van der Waals surface area contributed by atoms with E-state index in [9.17, 15) is 4.79 Å². The molecular weight excluding hydrogens is 200 g/mol. The Morgan fingerprint density at radius 2 is 1.88 bits per heavy atom. The monoisotopic (exact) mass is 208 g/mol. The number of hydrogen-bond acceptors (Lipinski definition) is 3. The highest BCUT2D eigenvalue weighted by Gasteiger charge is 2.09. The maximum atomic E-state index is 11.9. The largest absolute Gasteiger partial charge is 0.287 e. The molecule has 3 heteroatoms. The number of carbonyl (C=O) groups is 1. The number of nitriles is 1. The van der Waals surface area contributed by atoms with Crippen molar-refractivity contribution in [3.8, 4) is 6.07 Å². The van der Waals surface area contributed by atoms with Crippen molar-refractivity contribution in [2.24, 2.45) is 0 Å². The third-order valence-electron chi connectivity index (χ3n) is 2.16. The van der Waals surface area contributed by atoms with Crippen LogP contribution in [-0.4, -0.2) is 10.8 Å². The molecule has 0 unspecified atom stereocenters. The van der Waals surface area contributed by atoms with Gasteiger partial charge in [0, 0.05) is 11.8 Å². The molecule has 1 heterocycles. The van der Waals surface area contributed by atoms with Crippen LogP contribution in [0.1, 0.15) is 21.6 Å². The first-order valence-electron chi connectivity index (χ1n) is 4.77. The molecule has 2 rings (SSSR count). The predicted molar refractivity (Wildman–Crippen MR) is 58.8 cm³/mol. The van der Waals surface area contributed by atoms with Crippen LogP contribution in [0.15, 0.2) is 48.7 Å². The molecule has 0 saturated heterocycles. The molecule has 16 heavy (non-hydrogen) atoms. The second kappa shape index (κ2) is 4.37. The zero-order chi connectivity index (χ0) is 11.4. The molecular formula is C13H8N2O. The van der Waals surface area contributed by atoms with Crippen LogP contribution in [0.3, 0.4) is 0 Å². The summed E-state index contributed by atoms with van der Waals surface area (Å²) in [7, 11) is 0. The number of pyridine rings is 1. The zero-order valence-electron chi connectivity index (χ0n) is 8.42. The average Bonchev–Trinajstić information content (AvgIpc) is 2.39. The fourth-order valence-corrected chi connectivity index (χ4v) is 1.33. The summed E-state index contributed by atoms with van der Waals surface area (Å²) in [6.45, 7) is 0. The SMILES string of the molecule is N#Cc1ccc(C(=O)c2ccccc2)nc1. The molecule has 1 aromatic heterocycles. The minimum absolute atomic E-state index is 0.134. The number of nitrogens with zero attached hydrogens (tertiary/aromatic N) is 2. The first kappa shape index (κ1) is 10.1. The van der Waals surface area contributed by atoms with Gasteiger partial charge in [-0.2, -0.15) is 5.26 Å². The number of aromatic nitrogens is 1. The lowest BCUT2D eigenvalue weighted by molar-refractivity contribution is 0.103. The second-order valence-corrected chi connectivity index (χ2v) is 3.24. The van der Waals surface area contributed by atoms with Gasteiger partial charge in [-0.15, -0.1) is 0 Å². The second-order valence-electron chi connectivity index (χ2n) is 3.24. The van der Waals surface area contributed by atoms with Gasteiger partial charge in [0.2, 0.25) is 5.78 Å². The number of rotatable bonds is 2. The van der Waals surface area contributed by atoms with E-state index < -0.39 is 0 Å². The molecule has 76 valence electrons. The Kier molecular flexibility index (Phi) is 2.75. The van der Waals surface area contributed by atoms with E-state index in [1.165, 1.54) is 6.20 Å². The van der Waals surface area contributed by atoms with Gasteiger partial charge < -0.3 is 0 Å². The van der Waals surface area contributed by atoms with Crippen LogP contribution in [0, 0.1) is 11.3 Å². The van der Waals surface area contributed by atoms with Crippen LogP contribution in [0.4, 0.5) is 0 Å². The van der Waals surface area contributed by atoms with Crippen molar-refractivity contribution in [1.29, 1.82) is 5.26 Å². The van der Waals surface area contributed by atoms with Gasteiger partial charge in [-0.3, -0.25) is 9.78 Å². The van der Waals surface area contributed by atoms with Gasteiger partial charge in [0.1, 0.15) is 11.8 Å². The molecule has 0 aliphatic rings. The Labute approximate surface area is 93.0 Å². The molecule has 0 atom stereocenters. The van der Waals surface area contributed by atoms with Crippen molar-refractivity contribution in [3.05, 3.63) is 65.5 Å². The summed E-state index contributed by atoms with van der Waals surface area (Å²) in [5.41, 5.74) is 1.40. The minimum atomic E-state index is -0.134. The van der Waals surface area contributed by atoms with Gasteiger partial charge in [0.25, 0.3) is 0 Å². The first-order chi connectivity index (χ1) is 7.81. The summed E-state index contributed by atoms with van der Waals surface area (Å²) in [6, 6.07) is 14.0. The summed E-state index contributed by atoms with van der Waals surface area (Å²) >= 11 is 0. The minimum Gasteiger partial charge on any atom is -0.287 e. The third-order valence-corrected chi connectivity index (χ3v) is 2.16. The Balaban J connectivity index is 2.32. The van der Waals surface area contributed by atoms with Gasteiger partial charge in [-0.1, -0.05) is 30.3 Å². The number of benzene rings is 1. The highest BCUT2D eigenvalue weighted by molar-refractivity contribution is 6.07. The Morgan fingerprint density at radius 3 is 2.44 bits per heavy atom. The molecule has 0 saturated carbocycles. The molecule has 0 aliphatic carbocycles. The molecule has 0 spiro atoms. The zero-order valence-corrected chi connectivity index (χ0v) is 8.42. The average molecular weight is 208 g/mol. The van der Waals surface area contributed by atoms with E-state index in [-0.39, 0.29) is 5.78 Å². The molecule has 0 amide bonds. The standard InChI is InChI=1S/C13H8N2O/c14-8-10-6-7-12(15-9-10)13(16)11-4-2-1-3-5-11/h1-7,9H. The predicted octanol–water partition coefficient (Wildman–Crippen LogP) is 2.18. The number of hydrogen-bond donors (Lipinski definition) is 0. The van der Waals surface area contributed by atoms with Gasteiger partial charge in [-0.05, 0) is 12.1 Å². The van der Waals surface area contributed by atoms with E-state index >= 15 is 0 Å². The van der Waals surface area contributed by atoms with Crippen LogP contribution in [0.5, 0.6) is 0 Å². The molecule has 0 bridgehead atoms. The lowest BCUT2D eigenvalue weighted by atomic mass is 10.1. The van der Waals surface area contributed by atoms with Crippen LogP contribution in [-0.2, 0) is 0 Å². The van der Waals surface area contributed by atoms with Crippen LogP contribution >= 0.6 is 0 Å². The van der Waals surface area contributed by atoms with E-state index in [0.29, 0.717) is 16.8 Å². The number of ketones is 1. The highest BCUT2D eigenvalue weighted by Crippen LogP contribution is 2.07. The Bertz CT molecular complexity index is 538. The van der Waals surface area contributed by atoms with Crippen molar-refractivity contribution in [2.75, 3.05) is 0 Å². The van der Waals surface area contributed by atoms with Gasteiger partial charge in [-0.25, -0.2) is 0 Å². The van der Waals surface area contributed by atoms with E-state index in [1.54, 1.807) is 36.4 Å². The van der Waals surface area contributed by atoms with E-state index in [4.69, 9.17) is 5.26 Å². The Hall–Kier alpha value is -2.47. The maximum absolute atomic E-state index is 11.9. The summed E-state index contributed by atoms with van der Waals surface area (Å²) < 4.78 is 0. The lowest BCUT2D eigenvalue weighted by Crippen LogP contribution is -2.03. The van der Waals surface area contributed by atoms with E-state index in [2.05, 4.69) is 4.98 Å². The van der Waals surface area contributed by atoms with Crippen molar-refractivity contribution < 1.29 is 4.79 Å². The fourth-order valence-electron chi connectivity index (χ4n) is 1.33.